The van der Waals surface area contributed by atoms with Gasteiger partial charge >= 0.3 is 0 Å². The summed E-state index contributed by atoms with van der Waals surface area (Å²) in [6.07, 6.45) is 3.09. The Balaban J connectivity index is 1.36. The SMILES string of the molecule is COc1c(NC(=O)c2cc3cccc(CN4CCN(C(=O)[C@@H]5CCCN5C)CC4)c3n2C)cc(C(C)(C)C)cc1NS(C)(=O)=O. The minimum absolute atomic E-state index is 0.0108. The molecule has 2 aliphatic heterocycles. The van der Waals surface area contributed by atoms with Crippen molar-refractivity contribution in [3.8, 4) is 5.75 Å². The van der Waals surface area contributed by atoms with Crippen molar-refractivity contribution in [1.29, 1.82) is 0 Å². The van der Waals surface area contributed by atoms with Crippen molar-refractivity contribution < 1.29 is 22.7 Å². The maximum atomic E-state index is 13.8. The largest absolute Gasteiger partial charge is 0.492 e. The van der Waals surface area contributed by atoms with Crippen molar-refractivity contribution in [3.63, 3.8) is 0 Å². The fourth-order valence-electron chi connectivity index (χ4n) is 6.48. The Kier molecular flexibility index (Phi) is 9.21. The van der Waals surface area contributed by atoms with Gasteiger partial charge in [0.05, 0.1) is 36.3 Å². The summed E-state index contributed by atoms with van der Waals surface area (Å²) in [5.41, 5.74) is 3.71. The zero-order valence-electron chi connectivity index (χ0n) is 27.4. The number of ether oxygens (including phenoxy) is 1. The number of amides is 2. The number of piperazine rings is 1. The Hall–Kier alpha value is -3.61. The van der Waals surface area contributed by atoms with Gasteiger partial charge in [0.25, 0.3) is 5.91 Å². The van der Waals surface area contributed by atoms with Crippen molar-refractivity contribution in [3.05, 3.63) is 53.2 Å². The molecule has 0 unspecified atom stereocenters. The van der Waals surface area contributed by atoms with Gasteiger partial charge in [-0.15, -0.1) is 0 Å². The lowest BCUT2D eigenvalue weighted by atomic mass is 9.86. The van der Waals surface area contributed by atoms with Crippen LogP contribution in [0.4, 0.5) is 11.4 Å². The van der Waals surface area contributed by atoms with Crippen molar-refractivity contribution in [1.82, 2.24) is 19.3 Å². The van der Waals surface area contributed by atoms with E-state index in [-0.39, 0.29) is 34.7 Å². The monoisotopic (exact) mass is 638 g/mol. The number of likely N-dealkylation sites (tertiary alicyclic amines) is 1. The van der Waals surface area contributed by atoms with E-state index in [9.17, 15) is 18.0 Å². The third-order valence-electron chi connectivity index (χ3n) is 8.96. The van der Waals surface area contributed by atoms with Gasteiger partial charge in [-0.05, 0) is 61.2 Å². The highest BCUT2D eigenvalue weighted by Gasteiger charge is 2.33. The van der Waals surface area contributed by atoms with Gasteiger partial charge in [-0.2, -0.15) is 0 Å². The van der Waals surface area contributed by atoms with E-state index in [2.05, 4.69) is 25.9 Å². The predicted molar refractivity (Wildman–Crippen MR) is 179 cm³/mol. The normalized spacial score (nSPS) is 18.4. The number of carbonyl (C=O) groups is 2. The summed E-state index contributed by atoms with van der Waals surface area (Å²) in [7, 11) is 1.77. The Bertz CT molecular complexity index is 1700. The summed E-state index contributed by atoms with van der Waals surface area (Å²) in [6.45, 7) is 10.8. The molecule has 2 aliphatic rings. The van der Waals surface area contributed by atoms with Gasteiger partial charge in [0.15, 0.2) is 5.75 Å². The molecule has 0 saturated carbocycles. The number of hydrogen-bond acceptors (Lipinski definition) is 7. The molecule has 11 nitrogen and oxygen atoms in total. The topological polar surface area (TPSA) is 116 Å². The Morgan fingerprint density at radius 3 is 2.29 bits per heavy atom. The number of carbonyl (C=O) groups excluding carboxylic acids is 2. The fraction of sp³-hybridized carbons (Fsp3) is 0.515. The molecule has 0 bridgehead atoms. The van der Waals surface area contributed by atoms with Crippen LogP contribution < -0.4 is 14.8 Å². The first kappa shape index (κ1) is 32.8. The molecule has 0 radical (unpaired) electrons. The van der Waals surface area contributed by atoms with Crippen LogP contribution >= 0.6 is 0 Å². The van der Waals surface area contributed by atoms with E-state index in [1.165, 1.54) is 7.11 Å². The lowest BCUT2D eigenvalue weighted by molar-refractivity contribution is -0.137. The first-order chi connectivity index (χ1) is 21.2. The maximum Gasteiger partial charge on any atom is 0.272 e. The fourth-order valence-corrected chi connectivity index (χ4v) is 7.03. The molecule has 0 spiro atoms. The molecule has 0 aliphatic carbocycles. The van der Waals surface area contributed by atoms with Crippen LogP contribution in [-0.2, 0) is 33.8 Å². The lowest BCUT2D eigenvalue weighted by Crippen LogP contribution is -2.52. The second kappa shape index (κ2) is 12.6. The zero-order valence-corrected chi connectivity index (χ0v) is 28.3. The molecule has 45 heavy (non-hydrogen) atoms. The number of aromatic nitrogens is 1. The van der Waals surface area contributed by atoms with E-state index in [1.54, 1.807) is 6.07 Å². The number of likely N-dealkylation sites (N-methyl/N-ethyl adjacent to an activating group) is 1. The standard InChI is InChI=1S/C33H46N6O5S/c1-33(2,3)24-19-25(30(44-6)26(20-24)35-45(7,42)43)34-31(40)28-18-22-10-8-11-23(29(22)37(28)5)21-38-14-16-39(17-15-38)32(41)27-12-9-13-36(27)4/h8,10-11,18-20,27,35H,9,12-17,21H2,1-7H3,(H,34,40)/t27-/m0/s1. The summed E-state index contributed by atoms with van der Waals surface area (Å²) in [6, 6.07) is 11.5. The molecule has 2 N–H and O–H groups in total. The highest BCUT2D eigenvalue weighted by molar-refractivity contribution is 7.92. The Labute approximate surface area is 266 Å². The first-order valence-electron chi connectivity index (χ1n) is 15.5. The predicted octanol–water partition coefficient (Wildman–Crippen LogP) is 3.85. The molecule has 2 saturated heterocycles. The molecule has 3 heterocycles. The number of sulfonamides is 1. The second-order valence-corrected chi connectivity index (χ2v) is 15.1. The van der Waals surface area contributed by atoms with Gasteiger partial charge in [-0.25, -0.2) is 8.42 Å². The van der Waals surface area contributed by atoms with E-state index < -0.39 is 10.0 Å². The minimum atomic E-state index is -3.60. The summed E-state index contributed by atoms with van der Waals surface area (Å²) < 4.78 is 34.3. The molecule has 244 valence electrons. The zero-order chi connectivity index (χ0) is 32.7. The quantitative estimate of drug-likeness (QED) is 0.385. The number of methoxy groups -OCH3 is 1. The van der Waals surface area contributed by atoms with Crippen molar-refractivity contribution in [2.24, 2.45) is 7.05 Å². The highest BCUT2D eigenvalue weighted by Crippen LogP contribution is 2.39. The van der Waals surface area contributed by atoms with E-state index in [1.807, 2.05) is 68.6 Å². The summed E-state index contributed by atoms with van der Waals surface area (Å²) in [5, 5.41) is 3.94. The molecule has 12 heteroatoms. The molecule has 2 amide bonds. The number of rotatable bonds is 8. The highest BCUT2D eigenvalue weighted by atomic mass is 32.2. The first-order valence-corrected chi connectivity index (χ1v) is 17.4. The van der Waals surface area contributed by atoms with E-state index in [0.717, 1.165) is 60.8 Å². The average molecular weight is 639 g/mol. The van der Waals surface area contributed by atoms with Gasteiger partial charge in [-0.3, -0.25) is 24.1 Å². The number of nitrogens with zero attached hydrogens (tertiary/aromatic N) is 4. The summed E-state index contributed by atoms with van der Waals surface area (Å²) in [4.78, 5) is 33.4. The smallest absolute Gasteiger partial charge is 0.272 e. The van der Waals surface area contributed by atoms with Crippen molar-refractivity contribution in [2.75, 3.05) is 63.2 Å². The summed E-state index contributed by atoms with van der Waals surface area (Å²) >= 11 is 0. The second-order valence-electron chi connectivity index (χ2n) is 13.4. The van der Waals surface area contributed by atoms with Crippen LogP contribution in [-0.4, -0.2) is 98.7 Å². The van der Waals surface area contributed by atoms with E-state index in [4.69, 9.17) is 4.74 Å². The van der Waals surface area contributed by atoms with Crippen LogP contribution in [0.25, 0.3) is 10.9 Å². The number of benzene rings is 2. The van der Waals surface area contributed by atoms with Crippen LogP contribution in [0.3, 0.4) is 0 Å². The van der Waals surface area contributed by atoms with Crippen LogP contribution in [0.15, 0.2) is 36.4 Å². The number of para-hydroxylation sites is 1. The van der Waals surface area contributed by atoms with Crippen LogP contribution in [0.2, 0.25) is 0 Å². The van der Waals surface area contributed by atoms with Crippen LogP contribution in [0, 0.1) is 0 Å². The lowest BCUT2D eigenvalue weighted by Gasteiger charge is -2.37. The average Bonchev–Trinajstić information content (AvgIpc) is 3.55. The molecule has 3 aromatic rings. The molecule has 2 fully saturated rings. The van der Waals surface area contributed by atoms with Gasteiger partial charge < -0.3 is 19.5 Å². The number of anilines is 2. The van der Waals surface area contributed by atoms with Crippen LogP contribution in [0.5, 0.6) is 5.75 Å². The molecule has 1 aromatic heterocycles. The number of aryl methyl sites for hydroxylation is 1. The van der Waals surface area contributed by atoms with E-state index >= 15 is 0 Å². The number of hydrogen-bond donors (Lipinski definition) is 2. The third-order valence-corrected chi connectivity index (χ3v) is 9.55. The molecular weight excluding hydrogens is 592 g/mol. The van der Waals surface area contributed by atoms with E-state index in [0.29, 0.717) is 31.0 Å². The Morgan fingerprint density at radius 1 is 1.00 bits per heavy atom. The van der Waals surface area contributed by atoms with Gasteiger partial charge in [0.1, 0.15) is 5.69 Å². The minimum Gasteiger partial charge on any atom is -0.492 e. The van der Waals surface area contributed by atoms with Gasteiger partial charge in [0, 0.05) is 45.2 Å². The third kappa shape index (κ3) is 7.13. The van der Waals surface area contributed by atoms with Crippen LogP contribution in [0.1, 0.15) is 55.2 Å². The maximum absolute atomic E-state index is 13.8. The molecule has 5 rings (SSSR count). The van der Waals surface area contributed by atoms with Gasteiger partial charge in [-0.1, -0.05) is 39.0 Å². The molecule has 1 atom stereocenters. The van der Waals surface area contributed by atoms with Crippen molar-refractivity contribution >= 4 is 44.1 Å². The van der Waals surface area contributed by atoms with Gasteiger partial charge in [0.2, 0.25) is 15.9 Å². The Morgan fingerprint density at radius 2 is 1.69 bits per heavy atom. The summed E-state index contributed by atoms with van der Waals surface area (Å²) in [5.74, 6) is 0.149. The number of nitrogens with one attached hydrogen (secondary N) is 2. The van der Waals surface area contributed by atoms with Crippen molar-refractivity contribution in [2.45, 2.75) is 51.6 Å². The molecule has 2 aromatic carbocycles. The molecular formula is C33H46N6O5S. The number of fused-ring (bicyclic) bond motifs is 1.